The van der Waals surface area contributed by atoms with Crippen molar-refractivity contribution in [3.05, 3.63) is 23.8 Å². The molecule has 7 heteroatoms. The number of hydrogen-bond acceptors (Lipinski definition) is 5. The van der Waals surface area contributed by atoms with Gasteiger partial charge < -0.3 is 19.3 Å². The van der Waals surface area contributed by atoms with Gasteiger partial charge in [-0.1, -0.05) is 0 Å². The fraction of sp³-hybridized carbons (Fsp3) is 0.579. The lowest BCUT2D eigenvalue weighted by Gasteiger charge is -2.39. The molecule has 0 aromatic heterocycles. The first-order valence-corrected chi connectivity index (χ1v) is 8.52. The Morgan fingerprint density at radius 2 is 1.73 bits per heavy atom. The zero-order chi connectivity index (χ0) is 19.7. The van der Waals surface area contributed by atoms with E-state index in [1.165, 1.54) is 26.0 Å². The number of rotatable bonds is 6. The largest absolute Gasteiger partial charge is 0.497 e. The third-order valence-corrected chi connectivity index (χ3v) is 4.33. The number of carbonyl (C=O) groups excluding carboxylic acids is 1. The molecule has 1 aromatic carbocycles. The molecule has 1 N–H and O–H groups in total. The van der Waals surface area contributed by atoms with Gasteiger partial charge >= 0.3 is 12.1 Å². The number of aliphatic carboxylic acids is 1. The van der Waals surface area contributed by atoms with E-state index in [-0.39, 0.29) is 6.04 Å². The van der Waals surface area contributed by atoms with Gasteiger partial charge in [0.15, 0.2) is 5.54 Å². The second-order valence-corrected chi connectivity index (χ2v) is 7.53. The summed E-state index contributed by atoms with van der Waals surface area (Å²) in [6.45, 7) is 6.75. The number of hydrogen-bond donors (Lipinski definition) is 1. The van der Waals surface area contributed by atoms with Crippen molar-refractivity contribution in [3.63, 3.8) is 0 Å². The molecule has 1 fully saturated rings. The second kappa shape index (κ2) is 7.05. The molecule has 0 spiro atoms. The molecule has 1 aliphatic carbocycles. The molecule has 0 bridgehead atoms. The third-order valence-electron chi connectivity index (χ3n) is 4.33. The van der Waals surface area contributed by atoms with Gasteiger partial charge in [0.1, 0.15) is 17.1 Å². The molecule has 144 valence electrons. The average molecular weight is 365 g/mol. The molecule has 7 nitrogen and oxygen atoms in total. The SMILES string of the molecule is COc1ccc(OC)c(C(C)(C(=O)O)N(C(=O)OC(C)(C)C)C2CC2)c1. The van der Waals surface area contributed by atoms with Crippen LogP contribution in [0.4, 0.5) is 4.79 Å². The minimum absolute atomic E-state index is 0.193. The number of benzene rings is 1. The lowest BCUT2D eigenvalue weighted by atomic mass is 9.88. The molecule has 1 amide bonds. The molecule has 1 aliphatic rings. The van der Waals surface area contributed by atoms with Gasteiger partial charge in [-0.25, -0.2) is 9.59 Å². The number of carboxylic acids is 1. The van der Waals surface area contributed by atoms with Gasteiger partial charge in [-0.3, -0.25) is 4.90 Å². The second-order valence-electron chi connectivity index (χ2n) is 7.53. The summed E-state index contributed by atoms with van der Waals surface area (Å²) in [5, 5.41) is 10.1. The van der Waals surface area contributed by atoms with Crippen LogP contribution in [-0.2, 0) is 15.1 Å². The Labute approximate surface area is 153 Å². The summed E-state index contributed by atoms with van der Waals surface area (Å²) < 4.78 is 16.1. The summed E-state index contributed by atoms with van der Waals surface area (Å²) in [6.07, 6.45) is 0.803. The summed E-state index contributed by atoms with van der Waals surface area (Å²) in [6, 6.07) is 4.71. The van der Waals surface area contributed by atoms with Gasteiger partial charge in [0.05, 0.1) is 14.2 Å². The van der Waals surface area contributed by atoms with Crippen LogP contribution in [0.3, 0.4) is 0 Å². The van der Waals surface area contributed by atoms with Crippen molar-refractivity contribution in [2.24, 2.45) is 0 Å². The molecule has 0 heterocycles. The molecular weight excluding hydrogens is 338 g/mol. The number of methoxy groups -OCH3 is 2. The van der Waals surface area contributed by atoms with Crippen molar-refractivity contribution < 1.29 is 28.9 Å². The van der Waals surface area contributed by atoms with Crippen LogP contribution < -0.4 is 9.47 Å². The van der Waals surface area contributed by atoms with E-state index in [4.69, 9.17) is 14.2 Å². The Morgan fingerprint density at radius 1 is 1.12 bits per heavy atom. The number of amides is 1. The molecule has 1 saturated carbocycles. The fourth-order valence-electron chi connectivity index (χ4n) is 2.88. The zero-order valence-corrected chi connectivity index (χ0v) is 16.2. The highest BCUT2D eigenvalue weighted by Crippen LogP contribution is 2.44. The predicted octanol–water partition coefficient (Wildman–Crippen LogP) is 3.40. The summed E-state index contributed by atoms with van der Waals surface area (Å²) in [4.78, 5) is 26.6. The fourth-order valence-corrected chi connectivity index (χ4v) is 2.88. The summed E-state index contributed by atoms with van der Waals surface area (Å²) in [5.74, 6) is -0.320. The molecule has 0 radical (unpaired) electrons. The minimum Gasteiger partial charge on any atom is -0.497 e. The van der Waals surface area contributed by atoms with E-state index in [9.17, 15) is 14.7 Å². The molecule has 26 heavy (non-hydrogen) atoms. The van der Waals surface area contributed by atoms with Crippen LogP contribution in [0, 0.1) is 0 Å². The maximum atomic E-state index is 12.9. The molecular formula is C19H27NO6. The highest BCUT2D eigenvalue weighted by Gasteiger charge is 2.53. The van der Waals surface area contributed by atoms with Gasteiger partial charge in [0.25, 0.3) is 0 Å². The highest BCUT2D eigenvalue weighted by molar-refractivity contribution is 5.87. The van der Waals surface area contributed by atoms with E-state index >= 15 is 0 Å². The Morgan fingerprint density at radius 3 is 2.15 bits per heavy atom. The molecule has 1 atom stereocenters. The topological polar surface area (TPSA) is 85.3 Å². The van der Waals surface area contributed by atoms with Crippen LogP contribution in [0.25, 0.3) is 0 Å². The van der Waals surface area contributed by atoms with Crippen molar-refractivity contribution >= 4 is 12.1 Å². The van der Waals surface area contributed by atoms with Crippen molar-refractivity contribution in [3.8, 4) is 11.5 Å². The average Bonchev–Trinajstić information content (AvgIpc) is 3.36. The van der Waals surface area contributed by atoms with E-state index in [0.29, 0.717) is 17.1 Å². The summed E-state index contributed by atoms with van der Waals surface area (Å²) in [7, 11) is 2.96. The maximum Gasteiger partial charge on any atom is 0.411 e. The monoisotopic (exact) mass is 365 g/mol. The Hall–Kier alpha value is -2.44. The van der Waals surface area contributed by atoms with E-state index in [1.807, 2.05) is 0 Å². The van der Waals surface area contributed by atoms with E-state index in [2.05, 4.69) is 0 Å². The molecule has 1 aromatic rings. The highest BCUT2D eigenvalue weighted by atomic mass is 16.6. The number of carboxylic acid groups (broad SMARTS) is 1. The van der Waals surface area contributed by atoms with Crippen LogP contribution in [0.5, 0.6) is 11.5 Å². The van der Waals surface area contributed by atoms with E-state index in [0.717, 1.165) is 12.8 Å². The van der Waals surface area contributed by atoms with E-state index in [1.54, 1.807) is 39.0 Å². The normalized spacial score (nSPS) is 16.4. The Kier molecular flexibility index (Phi) is 5.39. The quantitative estimate of drug-likeness (QED) is 0.831. The standard InChI is InChI=1S/C19H27NO6/c1-18(2,3)26-17(23)20(12-7-8-12)19(4,16(21)22)14-11-13(24-5)9-10-15(14)25-6/h9-12H,7-8H2,1-6H3,(H,21,22). The van der Waals surface area contributed by atoms with Gasteiger partial charge in [-0.2, -0.15) is 0 Å². The van der Waals surface area contributed by atoms with Crippen LogP contribution in [0.2, 0.25) is 0 Å². The number of ether oxygens (including phenoxy) is 3. The molecule has 1 unspecified atom stereocenters. The third kappa shape index (κ3) is 3.86. The Balaban J connectivity index is 2.60. The first-order chi connectivity index (χ1) is 12.0. The van der Waals surface area contributed by atoms with Gasteiger partial charge in [-0.15, -0.1) is 0 Å². The minimum atomic E-state index is -1.66. The lowest BCUT2D eigenvalue weighted by Crippen LogP contribution is -2.55. The molecule has 0 saturated heterocycles. The molecule has 0 aliphatic heterocycles. The smallest absolute Gasteiger partial charge is 0.411 e. The summed E-state index contributed by atoms with van der Waals surface area (Å²) in [5.41, 5.74) is -2.06. The first kappa shape index (κ1) is 19.9. The summed E-state index contributed by atoms with van der Waals surface area (Å²) >= 11 is 0. The van der Waals surface area contributed by atoms with E-state index < -0.39 is 23.2 Å². The van der Waals surface area contributed by atoms with Crippen molar-refractivity contribution in [1.29, 1.82) is 0 Å². The predicted molar refractivity (Wildman–Crippen MR) is 95.6 cm³/mol. The van der Waals surface area contributed by atoms with Crippen molar-refractivity contribution in [1.82, 2.24) is 4.90 Å². The zero-order valence-electron chi connectivity index (χ0n) is 16.2. The maximum absolute atomic E-state index is 12.9. The van der Waals surface area contributed by atoms with Crippen LogP contribution in [0.15, 0.2) is 18.2 Å². The van der Waals surface area contributed by atoms with Crippen LogP contribution in [0.1, 0.15) is 46.1 Å². The van der Waals surface area contributed by atoms with Gasteiger partial charge in [0, 0.05) is 11.6 Å². The molecule has 2 rings (SSSR count). The first-order valence-electron chi connectivity index (χ1n) is 8.52. The van der Waals surface area contributed by atoms with Crippen molar-refractivity contribution in [2.45, 2.75) is 57.7 Å². The van der Waals surface area contributed by atoms with Crippen LogP contribution >= 0.6 is 0 Å². The van der Waals surface area contributed by atoms with Gasteiger partial charge in [0.2, 0.25) is 0 Å². The number of nitrogens with zero attached hydrogens (tertiary/aromatic N) is 1. The van der Waals surface area contributed by atoms with Crippen LogP contribution in [-0.4, -0.2) is 47.9 Å². The van der Waals surface area contributed by atoms with Gasteiger partial charge in [-0.05, 0) is 58.7 Å². The Bertz CT molecular complexity index is 692. The lowest BCUT2D eigenvalue weighted by molar-refractivity contribution is -0.151. The number of carbonyl (C=O) groups is 2. The van der Waals surface area contributed by atoms with Crippen molar-refractivity contribution in [2.75, 3.05) is 14.2 Å².